The standard InChI is InChI=1S/C18H19BrN2O3/c1-11(2)24-16-7-5-4-6-15(16)21-18(23)17(22)20-14-9-8-13(19)10-12(14)3/h4-11H,1-3H3,(H,20,22)(H,21,23). The fourth-order valence-corrected chi connectivity index (χ4v) is 2.53. The lowest BCUT2D eigenvalue weighted by atomic mass is 10.2. The second kappa shape index (κ2) is 7.97. The summed E-state index contributed by atoms with van der Waals surface area (Å²) >= 11 is 3.36. The molecule has 0 bridgehead atoms. The van der Waals surface area contributed by atoms with Crippen molar-refractivity contribution in [3.8, 4) is 5.75 Å². The van der Waals surface area contributed by atoms with Crippen LogP contribution in [0.15, 0.2) is 46.9 Å². The number of aryl methyl sites for hydroxylation is 1. The van der Waals surface area contributed by atoms with E-state index in [0.717, 1.165) is 10.0 Å². The van der Waals surface area contributed by atoms with E-state index in [9.17, 15) is 9.59 Å². The molecule has 0 radical (unpaired) electrons. The van der Waals surface area contributed by atoms with Crippen LogP contribution in [-0.4, -0.2) is 17.9 Å². The number of amides is 2. The van der Waals surface area contributed by atoms with Crippen LogP contribution in [0, 0.1) is 6.92 Å². The molecular weight excluding hydrogens is 372 g/mol. The molecule has 0 saturated carbocycles. The summed E-state index contributed by atoms with van der Waals surface area (Å²) in [7, 11) is 0. The first-order valence-corrected chi connectivity index (χ1v) is 8.30. The molecule has 0 atom stereocenters. The van der Waals surface area contributed by atoms with E-state index in [1.165, 1.54) is 0 Å². The lowest BCUT2D eigenvalue weighted by Gasteiger charge is -2.15. The van der Waals surface area contributed by atoms with E-state index in [4.69, 9.17) is 4.74 Å². The van der Waals surface area contributed by atoms with Crippen molar-refractivity contribution < 1.29 is 14.3 Å². The predicted octanol–water partition coefficient (Wildman–Crippen LogP) is 4.12. The van der Waals surface area contributed by atoms with E-state index in [1.807, 2.05) is 26.8 Å². The molecule has 0 aliphatic carbocycles. The van der Waals surface area contributed by atoms with Gasteiger partial charge in [-0.3, -0.25) is 9.59 Å². The van der Waals surface area contributed by atoms with Gasteiger partial charge in [0.15, 0.2) is 0 Å². The SMILES string of the molecule is Cc1cc(Br)ccc1NC(=O)C(=O)Nc1ccccc1OC(C)C. The molecule has 0 aliphatic rings. The van der Waals surface area contributed by atoms with Crippen molar-refractivity contribution in [1.29, 1.82) is 0 Å². The molecule has 24 heavy (non-hydrogen) atoms. The van der Waals surface area contributed by atoms with Crippen LogP contribution in [0.4, 0.5) is 11.4 Å². The Morgan fingerprint density at radius 2 is 1.62 bits per heavy atom. The minimum atomic E-state index is -0.753. The van der Waals surface area contributed by atoms with Crippen molar-refractivity contribution in [2.24, 2.45) is 0 Å². The Balaban J connectivity index is 2.08. The molecule has 0 saturated heterocycles. The first-order valence-electron chi connectivity index (χ1n) is 7.51. The molecule has 0 unspecified atom stereocenters. The van der Waals surface area contributed by atoms with Gasteiger partial charge in [0.25, 0.3) is 0 Å². The van der Waals surface area contributed by atoms with Crippen LogP contribution in [0.5, 0.6) is 5.75 Å². The highest BCUT2D eigenvalue weighted by Gasteiger charge is 2.17. The van der Waals surface area contributed by atoms with Gasteiger partial charge in [0.05, 0.1) is 11.8 Å². The topological polar surface area (TPSA) is 67.4 Å². The van der Waals surface area contributed by atoms with Gasteiger partial charge in [-0.15, -0.1) is 0 Å². The third kappa shape index (κ3) is 4.83. The highest BCUT2D eigenvalue weighted by molar-refractivity contribution is 9.10. The van der Waals surface area contributed by atoms with E-state index < -0.39 is 11.8 Å². The van der Waals surface area contributed by atoms with Crippen LogP contribution in [0.3, 0.4) is 0 Å². The summed E-state index contributed by atoms with van der Waals surface area (Å²) in [4.78, 5) is 24.3. The molecule has 2 rings (SSSR count). The molecule has 2 N–H and O–H groups in total. The summed E-state index contributed by atoms with van der Waals surface area (Å²) in [6.45, 7) is 5.63. The average molecular weight is 391 g/mol. The first-order chi connectivity index (χ1) is 11.4. The van der Waals surface area contributed by atoms with Gasteiger partial charge in [-0.25, -0.2) is 0 Å². The maximum Gasteiger partial charge on any atom is 0.314 e. The highest BCUT2D eigenvalue weighted by atomic mass is 79.9. The number of anilines is 2. The van der Waals surface area contributed by atoms with Crippen molar-refractivity contribution in [2.75, 3.05) is 10.6 Å². The van der Waals surface area contributed by atoms with Crippen LogP contribution < -0.4 is 15.4 Å². The molecule has 2 amide bonds. The summed E-state index contributed by atoms with van der Waals surface area (Å²) < 4.78 is 6.53. The Morgan fingerprint density at radius 3 is 2.25 bits per heavy atom. The van der Waals surface area contributed by atoms with Crippen molar-refractivity contribution in [3.63, 3.8) is 0 Å². The van der Waals surface area contributed by atoms with Crippen molar-refractivity contribution in [2.45, 2.75) is 26.9 Å². The molecule has 2 aromatic carbocycles. The molecule has 0 heterocycles. The normalized spacial score (nSPS) is 10.4. The number of hydrogen-bond donors (Lipinski definition) is 2. The van der Waals surface area contributed by atoms with E-state index in [0.29, 0.717) is 17.1 Å². The van der Waals surface area contributed by atoms with Crippen LogP contribution >= 0.6 is 15.9 Å². The van der Waals surface area contributed by atoms with Crippen LogP contribution in [0.2, 0.25) is 0 Å². The van der Waals surface area contributed by atoms with Gasteiger partial charge < -0.3 is 15.4 Å². The molecule has 0 aliphatic heterocycles. The third-order valence-corrected chi connectivity index (χ3v) is 3.63. The largest absolute Gasteiger partial charge is 0.489 e. The lowest BCUT2D eigenvalue weighted by Crippen LogP contribution is -2.29. The first kappa shape index (κ1) is 18.0. The number of hydrogen-bond acceptors (Lipinski definition) is 3. The van der Waals surface area contributed by atoms with E-state index in [-0.39, 0.29) is 6.10 Å². The number of ether oxygens (including phenoxy) is 1. The fourth-order valence-electron chi connectivity index (χ4n) is 2.05. The number of rotatable bonds is 4. The zero-order chi connectivity index (χ0) is 17.7. The Labute approximate surface area is 149 Å². The minimum absolute atomic E-state index is 0.0395. The number of carbonyl (C=O) groups is 2. The van der Waals surface area contributed by atoms with Crippen LogP contribution in [0.1, 0.15) is 19.4 Å². The third-order valence-electron chi connectivity index (χ3n) is 3.14. The molecular formula is C18H19BrN2O3. The molecule has 126 valence electrons. The second-order valence-electron chi connectivity index (χ2n) is 5.53. The molecule has 2 aromatic rings. The Hall–Kier alpha value is -2.34. The monoisotopic (exact) mass is 390 g/mol. The maximum absolute atomic E-state index is 12.1. The number of para-hydroxylation sites is 2. The zero-order valence-corrected chi connectivity index (χ0v) is 15.3. The highest BCUT2D eigenvalue weighted by Crippen LogP contribution is 2.25. The smallest absolute Gasteiger partial charge is 0.314 e. The summed E-state index contributed by atoms with van der Waals surface area (Å²) in [5.74, 6) is -0.967. The molecule has 5 nitrogen and oxygen atoms in total. The molecule has 0 fully saturated rings. The predicted molar refractivity (Wildman–Crippen MR) is 98.3 cm³/mol. The molecule has 0 aromatic heterocycles. The van der Waals surface area contributed by atoms with Crippen molar-refractivity contribution in [3.05, 3.63) is 52.5 Å². The summed E-state index contributed by atoms with van der Waals surface area (Å²) in [6.07, 6.45) is -0.0395. The van der Waals surface area contributed by atoms with E-state index >= 15 is 0 Å². The quantitative estimate of drug-likeness (QED) is 0.771. The Bertz CT molecular complexity index is 760. The number of nitrogens with one attached hydrogen (secondary N) is 2. The Kier molecular flexibility index (Phi) is 5.98. The molecule has 0 spiro atoms. The zero-order valence-electron chi connectivity index (χ0n) is 13.7. The minimum Gasteiger partial charge on any atom is -0.489 e. The molecule has 6 heteroatoms. The number of halogens is 1. The number of benzene rings is 2. The fraction of sp³-hybridized carbons (Fsp3) is 0.222. The lowest BCUT2D eigenvalue weighted by molar-refractivity contribution is -0.133. The van der Waals surface area contributed by atoms with Gasteiger partial charge in [-0.2, -0.15) is 0 Å². The van der Waals surface area contributed by atoms with Gasteiger partial charge in [-0.1, -0.05) is 28.1 Å². The van der Waals surface area contributed by atoms with E-state index in [2.05, 4.69) is 26.6 Å². The van der Waals surface area contributed by atoms with Gasteiger partial charge in [-0.05, 0) is 56.7 Å². The van der Waals surface area contributed by atoms with Crippen LogP contribution in [-0.2, 0) is 9.59 Å². The van der Waals surface area contributed by atoms with Crippen molar-refractivity contribution >= 4 is 39.1 Å². The van der Waals surface area contributed by atoms with Gasteiger partial charge in [0.1, 0.15) is 5.75 Å². The second-order valence-corrected chi connectivity index (χ2v) is 6.45. The number of carbonyl (C=O) groups excluding carboxylic acids is 2. The Morgan fingerprint density at radius 1 is 1.00 bits per heavy atom. The average Bonchev–Trinajstić information content (AvgIpc) is 2.51. The summed E-state index contributed by atoms with van der Waals surface area (Å²) in [6, 6.07) is 12.4. The van der Waals surface area contributed by atoms with Crippen molar-refractivity contribution in [1.82, 2.24) is 0 Å². The summed E-state index contributed by atoms with van der Waals surface area (Å²) in [5.41, 5.74) is 1.90. The summed E-state index contributed by atoms with van der Waals surface area (Å²) in [5, 5.41) is 5.19. The van der Waals surface area contributed by atoms with Crippen LogP contribution in [0.25, 0.3) is 0 Å². The maximum atomic E-state index is 12.1. The van der Waals surface area contributed by atoms with Gasteiger partial charge >= 0.3 is 11.8 Å². The van der Waals surface area contributed by atoms with E-state index in [1.54, 1.807) is 36.4 Å². The van der Waals surface area contributed by atoms with Gasteiger partial charge in [0, 0.05) is 10.2 Å². The van der Waals surface area contributed by atoms with Gasteiger partial charge in [0.2, 0.25) is 0 Å².